The highest BCUT2D eigenvalue weighted by Crippen LogP contribution is 2.09. The van der Waals surface area contributed by atoms with Crippen molar-refractivity contribution in [2.75, 3.05) is 7.05 Å². The van der Waals surface area contributed by atoms with Gasteiger partial charge in [-0.15, -0.1) is 0 Å². The summed E-state index contributed by atoms with van der Waals surface area (Å²) >= 11 is 0. The van der Waals surface area contributed by atoms with Crippen LogP contribution in [-0.2, 0) is 11.3 Å². The minimum atomic E-state index is -0.131. The number of carbonyl (C=O) groups excluding carboxylic acids is 1. The smallest absolute Gasteiger partial charge is 0.235 e. The number of nitrogens with zero attached hydrogens (tertiary/aromatic N) is 1. The summed E-state index contributed by atoms with van der Waals surface area (Å²) in [4.78, 5) is 13.3. The predicted molar refractivity (Wildman–Crippen MR) is 69.1 cm³/mol. The molecule has 0 saturated carbocycles. The van der Waals surface area contributed by atoms with E-state index in [1.807, 2.05) is 14.0 Å². The molecule has 0 heterocycles. The van der Waals surface area contributed by atoms with Crippen molar-refractivity contribution >= 4 is 5.91 Å². The van der Waals surface area contributed by atoms with Gasteiger partial charge in [-0.2, -0.15) is 0 Å². The van der Waals surface area contributed by atoms with Gasteiger partial charge >= 0.3 is 0 Å². The van der Waals surface area contributed by atoms with E-state index in [-0.39, 0.29) is 11.9 Å². The number of nitrogens with one attached hydrogen (secondary N) is 1. The van der Waals surface area contributed by atoms with Crippen LogP contribution in [0.5, 0.6) is 0 Å². The monoisotopic (exact) mass is 235 g/mol. The Morgan fingerprint density at radius 3 is 2.53 bits per heavy atom. The van der Waals surface area contributed by atoms with Gasteiger partial charge in [0, 0.05) is 19.0 Å². The van der Waals surface area contributed by atoms with Crippen LogP contribution in [0.25, 0.3) is 0 Å². The first-order chi connectivity index (χ1) is 8.02. The third-order valence-electron chi connectivity index (χ3n) is 2.95. The van der Waals surface area contributed by atoms with Crippen LogP contribution in [0.2, 0.25) is 0 Å². The second-order valence-electron chi connectivity index (χ2n) is 4.52. The predicted octanol–water partition coefficient (Wildman–Crippen LogP) is 1.20. The normalized spacial score (nSPS) is 12.5. The van der Waals surface area contributed by atoms with Gasteiger partial charge in [0.25, 0.3) is 0 Å². The average Bonchev–Trinajstić information content (AvgIpc) is 2.31. The van der Waals surface area contributed by atoms with Crippen molar-refractivity contribution in [1.82, 2.24) is 10.3 Å². The Hall–Kier alpha value is -1.39. The molecule has 17 heavy (non-hydrogen) atoms. The standard InChI is InChI=1S/C13H21N3O/c1-10-4-6-12(7-5-10)9-16(3)11(2)8-13(17)15-14/h4-7,11H,8-9,14H2,1-3H3,(H,15,17). The number of hydrogen-bond donors (Lipinski definition) is 2. The van der Waals surface area contributed by atoms with E-state index in [4.69, 9.17) is 5.84 Å². The Labute approximate surface area is 103 Å². The van der Waals surface area contributed by atoms with Crippen molar-refractivity contribution in [3.05, 3.63) is 35.4 Å². The molecule has 0 bridgehead atoms. The number of aryl methyl sites for hydroxylation is 1. The summed E-state index contributed by atoms with van der Waals surface area (Å²) in [6.45, 7) is 4.92. The number of hydrazine groups is 1. The fraction of sp³-hybridized carbons (Fsp3) is 0.462. The topological polar surface area (TPSA) is 58.4 Å². The van der Waals surface area contributed by atoms with E-state index in [1.54, 1.807) is 0 Å². The van der Waals surface area contributed by atoms with Gasteiger partial charge in [-0.1, -0.05) is 29.8 Å². The lowest BCUT2D eigenvalue weighted by Gasteiger charge is -2.24. The van der Waals surface area contributed by atoms with Gasteiger partial charge in [-0.05, 0) is 26.5 Å². The first-order valence-electron chi connectivity index (χ1n) is 5.78. The van der Waals surface area contributed by atoms with Crippen molar-refractivity contribution in [3.8, 4) is 0 Å². The van der Waals surface area contributed by atoms with Crippen LogP contribution in [-0.4, -0.2) is 23.9 Å². The highest BCUT2D eigenvalue weighted by molar-refractivity contribution is 5.75. The number of carbonyl (C=O) groups is 1. The summed E-state index contributed by atoms with van der Waals surface area (Å²) in [7, 11) is 2.01. The van der Waals surface area contributed by atoms with Gasteiger partial charge in [0.2, 0.25) is 5.91 Å². The summed E-state index contributed by atoms with van der Waals surface area (Å²) in [6, 6.07) is 8.59. The molecule has 0 aromatic heterocycles. The molecule has 0 radical (unpaired) electrons. The lowest BCUT2D eigenvalue weighted by atomic mass is 10.1. The number of nitrogens with two attached hydrogens (primary N) is 1. The van der Waals surface area contributed by atoms with Gasteiger partial charge in [0.05, 0.1) is 0 Å². The van der Waals surface area contributed by atoms with E-state index in [0.29, 0.717) is 6.42 Å². The molecule has 94 valence electrons. The quantitative estimate of drug-likeness (QED) is 0.458. The summed E-state index contributed by atoms with van der Waals surface area (Å²) in [5, 5.41) is 0. The van der Waals surface area contributed by atoms with Crippen LogP contribution < -0.4 is 11.3 Å². The maximum Gasteiger partial charge on any atom is 0.235 e. The molecule has 1 atom stereocenters. The Bertz CT molecular complexity index is 361. The SMILES string of the molecule is Cc1ccc(CN(C)C(C)CC(=O)NN)cc1. The first-order valence-corrected chi connectivity index (χ1v) is 5.78. The highest BCUT2D eigenvalue weighted by atomic mass is 16.2. The van der Waals surface area contributed by atoms with E-state index in [9.17, 15) is 4.79 Å². The Balaban J connectivity index is 2.50. The van der Waals surface area contributed by atoms with Crippen molar-refractivity contribution < 1.29 is 4.79 Å². The minimum Gasteiger partial charge on any atom is -0.299 e. The van der Waals surface area contributed by atoms with Gasteiger partial charge in [-0.25, -0.2) is 5.84 Å². The second kappa shape index (κ2) is 6.37. The lowest BCUT2D eigenvalue weighted by Crippen LogP contribution is -2.37. The van der Waals surface area contributed by atoms with Crippen molar-refractivity contribution in [2.24, 2.45) is 5.84 Å². The third-order valence-corrected chi connectivity index (χ3v) is 2.95. The molecule has 1 aromatic carbocycles. The fourth-order valence-electron chi connectivity index (χ4n) is 1.62. The van der Waals surface area contributed by atoms with Gasteiger partial charge < -0.3 is 0 Å². The van der Waals surface area contributed by atoms with Crippen LogP contribution in [0.4, 0.5) is 0 Å². The molecule has 1 aromatic rings. The molecule has 0 aliphatic carbocycles. The van der Waals surface area contributed by atoms with E-state index in [0.717, 1.165) is 6.54 Å². The molecule has 4 heteroatoms. The molecule has 0 saturated heterocycles. The number of hydrogen-bond acceptors (Lipinski definition) is 3. The Morgan fingerprint density at radius 1 is 1.41 bits per heavy atom. The van der Waals surface area contributed by atoms with Gasteiger partial charge in [-0.3, -0.25) is 15.1 Å². The molecule has 3 N–H and O–H groups in total. The van der Waals surface area contributed by atoms with Gasteiger partial charge in [0.1, 0.15) is 0 Å². The third kappa shape index (κ3) is 4.54. The maximum atomic E-state index is 11.2. The van der Waals surface area contributed by atoms with Crippen LogP contribution in [0.15, 0.2) is 24.3 Å². The summed E-state index contributed by atoms with van der Waals surface area (Å²) in [6.07, 6.45) is 0.416. The molecule has 4 nitrogen and oxygen atoms in total. The zero-order chi connectivity index (χ0) is 12.8. The number of benzene rings is 1. The molecule has 1 unspecified atom stereocenters. The maximum absolute atomic E-state index is 11.2. The molecule has 0 aliphatic heterocycles. The average molecular weight is 235 g/mol. The zero-order valence-corrected chi connectivity index (χ0v) is 10.7. The highest BCUT2D eigenvalue weighted by Gasteiger charge is 2.13. The molecular formula is C13H21N3O. The van der Waals surface area contributed by atoms with E-state index in [2.05, 4.69) is 41.5 Å². The van der Waals surface area contributed by atoms with Crippen LogP contribution in [0.1, 0.15) is 24.5 Å². The van der Waals surface area contributed by atoms with Crippen molar-refractivity contribution in [1.29, 1.82) is 0 Å². The van der Waals surface area contributed by atoms with Crippen LogP contribution in [0.3, 0.4) is 0 Å². The number of rotatable bonds is 5. The Kier molecular flexibility index (Phi) is 5.12. The molecule has 0 aliphatic rings. The van der Waals surface area contributed by atoms with Gasteiger partial charge in [0.15, 0.2) is 0 Å². The molecular weight excluding hydrogens is 214 g/mol. The largest absolute Gasteiger partial charge is 0.299 e. The second-order valence-corrected chi connectivity index (χ2v) is 4.52. The van der Waals surface area contributed by atoms with Crippen LogP contribution >= 0.6 is 0 Å². The molecule has 1 rings (SSSR count). The molecule has 0 spiro atoms. The minimum absolute atomic E-state index is 0.131. The summed E-state index contributed by atoms with van der Waals surface area (Å²) in [5.41, 5.74) is 4.66. The Morgan fingerprint density at radius 2 is 2.00 bits per heavy atom. The van der Waals surface area contributed by atoms with E-state index < -0.39 is 0 Å². The lowest BCUT2D eigenvalue weighted by molar-refractivity contribution is -0.122. The molecule has 1 amide bonds. The first kappa shape index (κ1) is 13.7. The van der Waals surface area contributed by atoms with Crippen LogP contribution in [0, 0.1) is 6.92 Å². The van der Waals surface area contributed by atoms with Crippen molar-refractivity contribution in [3.63, 3.8) is 0 Å². The number of amides is 1. The van der Waals surface area contributed by atoms with E-state index in [1.165, 1.54) is 11.1 Å². The van der Waals surface area contributed by atoms with E-state index >= 15 is 0 Å². The van der Waals surface area contributed by atoms with Crippen molar-refractivity contribution in [2.45, 2.75) is 32.9 Å². The fourth-order valence-corrected chi connectivity index (χ4v) is 1.62. The summed E-state index contributed by atoms with van der Waals surface area (Å²) in [5.74, 6) is 4.94. The zero-order valence-electron chi connectivity index (χ0n) is 10.7. The summed E-state index contributed by atoms with van der Waals surface area (Å²) < 4.78 is 0. The molecule has 0 fully saturated rings.